The Labute approximate surface area is 134 Å². The zero-order chi connectivity index (χ0) is 16.2. The summed E-state index contributed by atoms with van der Waals surface area (Å²) in [6.45, 7) is 3.34. The van der Waals surface area contributed by atoms with Crippen LogP contribution in [0.4, 0.5) is 4.39 Å². The van der Waals surface area contributed by atoms with Gasteiger partial charge in [0.25, 0.3) is 5.91 Å². The normalized spacial score (nSPS) is 15.7. The molecule has 23 heavy (non-hydrogen) atoms. The predicted octanol–water partition coefficient (Wildman–Crippen LogP) is 2.39. The number of furan rings is 1. The topological polar surface area (TPSA) is 45.9 Å². The van der Waals surface area contributed by atoms with Gasteiger partial charge in [0.2, 0.25) is 0 Å². The molecule has 0 bridgehead atoms. The van der Waals surface area contributed by atoms with Gasteiger partial charge in [-0.25, -0.2) is 4.39 Å². The third kappa shape index (κ3) is 3.90. The average Bonchev–Trinajstić information content (AvgIpc) is 3.03. The van der Waals surface area contributed by atoms with E-state index in [-0.39, 0.29) is 18.3 Å². The van der Waals surface area contributed by atoms with Gasteiger partial charge in [-0.1, -0.05) is 0 Å². The summed E-state index contributed by atoms with van der Waals surface area (Å²) in [6.07, 6.45) is 0. The van der Waals surface area contributed by atoms with Crippen LogP contribution < -0.4 is 4.74 Å². The van der Waals surface area contributed by atoms with Crippen molar-refractivity contribution in [3.05, 3.63) is 53.7 Å². The van der Waals surface area contributed by atoms with Crippen molar-refractivity contribution in [1.29, 1.82) is 0 Å². The minimum absolute atomic E-state index is 0.0915. The fourth-order valence-corrected chi connectivity index (χ4v) is 2.42. The molecule has 0 aliphatic carbocycles. The van der Waals surface area contributed by atoms with Crippen LogP contribution in [0.3, 0.4) is 0 Å². The van der Waals surface area contributed by atoms with Crippen molar-refractivity contribution in [1.82, 2.24) is 9.80 Å². The minimum atomic E-state index is -0.310. The third-order valence-corrected chi connectivity index (χ3v) is 3.86. The number of nitrogens with zero attached hydrogens (tertiary/aromatic N) is 2. The number of benzene rings is 1. The van der Waals surface area contributed by atoms with Gasteiger partial charge in [-0.05, 0) is 43.4 Å². The van der Waals surface area contributed by atoms with E-state index in [4.69, 9.17) is 9.15 Å². The standard InChI is InChI=1S/C17H19FN2O3/c1-19-8-10-20(11-9-19)17(21)16-7-6-15(23-16)12-22-14-4-2-13(18)3-5-14/h2-7H,8-12H2,1H3. The number of halogens is 1. The molecule has 1 aromatic carbocycles. The molecular weight excluding hydrogens is 299 g/mol. The van der Waals surface area contributed by atoms with Crippen molar-refractivity contribution < 1.29 is 18.3 Å². The summed E-state index contributed by atoms with van der Waals surface area (Å²) in [7, 11) is 2.04. The van der Waals surface area contributed by atoms with Crippen LogP contribution in [0.1, 0.15) is 16.3 Å². The molecule has 0 atom stereocenters. The summed E-state index contributed by atoms with van der Waals surface area (Å²) in [5, 5.41) is 0. The molecule has 0 saturated carbocycles. The van der Waals surface area contributed by atoms with E-state index >= 15 is 0 Å². The lowest BCUT2D eigenvalue weighted by atomic mass is 10.3. The Hall–Kier alpha value is -2.34. The highest BCUT2D eigenvalue weighted by molar-refractivity contribution is 5.91. The average molecular weight is 318 g/mol. The molecule has 6 heteroatoms. The smallest absolute Gasteiger partial charge is 0.289 e. The number of rotatable bonds is 4. The Bertz CT molecular complexity index is 661. The van der Waals surface area contributed by atoms with Crippen molar-refractivity contribution in [3.8, 4) is 5.75 Å². The summed E-state index contributed by atoms with van der Waals surface area (Å²) in [5.41, 5.74) is 0. The van der Waals surface area contributed by atoms with Gasteiger partial charge in [-0.15, -0.1) is 0 Å². The molecule has 0 radical (unpaired) electrons. The summed E-state index contributed by atoms with van der Waals surface area (Å²) in [4.78, 5) is 16.3. The van der Waals surface area contributed by atoms with Crippen LogP contribution in [0.15, 0.2) is 40.8 Å². The number of likely N-dealkylation sites (N-methyl/N-ethyl adjacent to an activating group) is 1. The molecule has 2 heterocycles. The Morgan fingerprint density at radius 1 is 1.13 bits per heavy atom. The molecule has 2 aromatic rings. The summed E-state index contributed by atoms with van der Waals surface area (Å²) >= 11 is 0. The number of piperazine rings is 1. The largest absolute Gasteiger partial charge is 0.486 e. The molecule has 0 N–H and O–H groups in total. The zero-order valence-corrected chi connectivity index (χ0v) is 13.0. The lowest BCUT2D eigenvalue weighted by Gasteiger charge is -2.31. The first-order valence-corrected chi connectivity index (χ1v) is 7.57. The van der Waals surface area contributed by atoms with Crippen LogP contribution in [-0.4, -0.2) is 48.9 Å². The number of hydrogen-bond acceptors (Lipinski definition) is 4. The van der Waals surface area contributed by atoms with Crippen molar-refractivity contribution in [3.63, 3.8) is 0 Å². The van der Waals surface area contributed by atoms with Gasteiger partial charge in [0.15, 0.2) is 5.76 Å². The van der Waals surface area contributed by atoms with Crippen LogP contribution in [0.2, 0.25) is 0 Å². The predicted molar refractivity (Wildman–Crippen MR) is 82.8 cm³/mol. The van der Waals surface area contributed by atoms with Crippen LogP contribution >= 0.6 is 0 Å². The highest BCUT2D eigenvalue weighted by atomic mass is 19.1. The second-order valence-electron chi connectivity index (χ2n) is 5.60. The first-order valence-electron chi connectivity index (χ1n) is 7.57. The SMILES string of the molecule is CN1CCN(C(=O)c2ccc(COc3ccc(F)cc3)o2)CC1. The number of ether oxygens (including phenoxy) is 1. The molecule has 1 aromatic heterocycles. The summed E-state index contributed by atoms with van der Waals surface area (Å²) < 4.78 is 23.9. The summed E-state index contributed by atoms with van der Waals surface area (Å²) in [5.74, 6) is 1.04. The minimum Gasteiger partial charge on any atom is -0.486 e. The third-order valence-electron chi connectivity index (χ3n) is 3.86. The first kappa shape index (κ1) is 15.6. The molecule has 0 unspecified atom stereocenters. The fourth-order valence-electron chi connectivity index (χ4n) is 2.42. The zero-order valence-electron chi connectivity index (χ0n) is 13.0. The van der Waals surface area contributed by atoms with E-state index in [0.717, 1.165) is 13.1 Å². The highest BCUT2D eigenvalue weighted by Crippen LogP contribution is 2.16. The van der Waals surface area contributed by atoms with Crippen molar-refractivity contribution in [2.24, 2.45) is 0 Å². The first-order chi connectivity index (χ1) is 11.1. The van der Waals surface area contributed by atoms with Crippen LogP contribution in [-0.2, 0) is 6.61 Å². The van der Waals surface area contributed by atoms with E-state index in [1.54, 1.807) is 29.2 Å². The monoisotopic (exact) mass is 318 g/mol. The van der Waals surface area contributed by atoms with Gasteiger partial charge < -0.3 is 19.0 Å². The van der Waals surface area contributed by atoms with Gasteiger partial charge in [0.05, 0.1) is 0 Å². The second kappa shape index (κ2) is 6.83. The van der Waals surface area contributed by atoms with Crippen LogP contribution in [0, 0.1) is 5.82 Å². The van der Waals surface area contributed by atoms with Crippen LogP contribution in [0.25, 0.3) is 0 Å². The Kier molecular flexibility index (Phi) is 4.62. The maximum absolute atomic E-state index is 12.8. The van der Waals surface area contributed by atoms with Gasteiger partial charge in [-0.2, -0.15) is 0 Å². The van der Waals surface area contributed by atoms with E-state index in [1.807, 2.05) is 7.05 Å². The van der Waals surface area contributed by atoms with Crippen molar-refractivity contribution >= 4 is 5.91 Å². The molecule has 1 aliphatic heterocycles. The molecule has 1 aliphatic rings. The number of amides is 1. The molecule has 1 amide bonds. The van der Waals surface area contributed by atoms with Gasteiger partial charge in [-0.3, -0.25) is 4.79 Å². The molecule has 3 rings (SSSR count). The van der Waals surface area contributed by atoms with Crippen LogP contribution in [0.5, 0.6) is 5.75 Å². The Balaban J connectivity index is 1.57. The lowest BCUT2D eigenvalue weighted by molar-refractivity contribution is 0.0628. The molecule has 5 nitrogen and oxygen atoms in total. The quantitative estimate of drug-likeness (QED) is 0.868. The van der Waals surface area contributed by atoms with E-state index < -0.39 is 0 Å². The van der Waals surface area contributed by atoms with Gasteiger partial charge in [0, 0.05) is 26.2 Å². The maximum atomic E-state index is 12.8. The molecule has 0 spiro atoms. The number of carbonyl (C=O) groups excluding carboxylic acids is 1. The Morgan fingerprint density at radius 2 is 1.83 bits per heavy atom. The van der Waals surface area contributed by atoms with Crippen molar-refractivity contribution in [2.75, 3.05) is 33.2 Å². The molecular formula is C17H19FN2O3. The molecule has 1 saturated heterocycles. The second-order valence-corrected chi connectivity index (χ2v) is 5.60. The van der Waals surface area contributed by atoms with E-state index in [9.17, 15) is 9.18 Å². The molecule has 122 valence electrons. The number of carbonyl (C=O) groups is 1. The lowest BCUT2D eigenvalue weighted by Crippen LogP contribution is -2.47. The fraction of sp³-hybridized carbons (Fsp3) is 0.353. The van der Waals surface area contributed by atoms with E-state index in [2.05, 4.69) is 4.90 Å². The molecule has 1 fully saturated rings. The van der Waals surface area contributed by atoms with Crippen molar-refractivity contribution in [2.45, 2.75) is 6.61 Å². The van der Waals surface area contributed by atoms with Gasteiger partial charge in [0.1, 0.15) is 23.9 Å². The summed E-state index contributed by atoms with van der Waals surface area (Å²) in [6, 6.07) is 9.17. The van der Waals surface area contributed by atoms with E-state index in [0.29, 0.717) is 30.4 Å². The highest BCUT2D eigenvalue weighted by Gasteiger charge is 2.22. The number of hydrogen-bond donors (Lipinski definition) is 0. The van der Waals surface area contributed by atoms with E-state index in [1.165, 1.54) is 12.1 Å². The van der Waals surface area contributed by atoms with Gasteiger partial charge >= 0.3 is 0 Å². The Morgan fingerprint density at radius 3 is 2.52 bits per heavy atom. The maximum Gasteiger partial charge on any atom is 0.289 e.